The molecular weight excluding hydrogens is 404 g/mol. The van der Waals surface area contributed by atoms with E-state index in [2.05, 4.69) is 11.4 Å². The average molecular weight is 441 g/mol. The van der Waals surface area contributed by atoms with Crippen molar-refractivity contribution in [2.45, 2.75) is 66.6 Å². The molecule has 0 fully saturated rings. The number of ether oxygens (including phenoxy) is 2. The van der Waals surface area contributed by atoms with Crippen molar-refractivity contribution in [1.82, 2.24) is 10.2 Å². The molecule has 174 valence electrons. The summed E-state index contributed by atoms with van der Waals surface area (Å²) in [4.78, 5) is 27.6. The molecule has 0 saturated heterocycles. The van der Waals surface area contributed by atoms with Crippen LogP contribution in [0, 0.1) is 20.8 Å². The highest BCUT2D eigenvalue weighted by molar-refractivity contribution is 5.88. The van der Waals surface area contributed by atoms with Gasteiger partial charge in [-0.3, -0.25) is 9.59 Å². The van der Waals surface area contributed by atoms with E-state index in [1.54, 1.807) is 18.9 Å². The van der Waals surface area contributed by atoms with Gasteiger partial charge in [0.2, 0.25) is 5.91 Å². The monoisotopic (exact) mass is 440 g/mol. The third-order valence-corrected chi connectivity index (χ3v) is 5.77. The lowest BCUT2D eigenvalue weighted by Gasteiger charge is -2.30. The maximum Gasteiger partial charge on any atom is 0.261 e. The number of carbonyl (C=O) groups excluding carboxylic acids is 2. The van der Waals surface area contributed by atoms with Crippen LogP contribution < -0.4 is 14.8 Å². The number of hydrogen-bond acceptors (Lipinski definition) is 4. The molecule has 0 bridgehead atoms. The quantitative estimate of drug-likeness (QED) is 0.597. The minimum atomic E-state index is -0.647. The van der Waals surface area contributed by atoms with Crippen molar-refractivity contribution in [3.63, 3.8) is 0 Å². The van der Waals surface area contributed by atoms with Crippen molar-refractivity contribution in [1.29, 1.82) is 0 Å². The number of nitrogens with zero attached hydrogens (tertiary/aromatic N) is 1. The Bertz CT molecular complexity index is 941. The molecule has 0 heterocycles. The van der Waals surface area contributed by atoms with E-state index in [0.29, 0.717) is 11.5 Å². The van der Waals surface area contributed by atoms with Crippen molar-refractivity contribution in [2.24, 2.45) is 0 Å². The fraction of sp³-hybridized carbons (Fsp3) is 0.462. The normalized spacial score (nSPS) is 12.6. The van der Waals surface area contributed by atoms with Crippen molar-refractivity contribution in [3.8, 4) is 11.5 Å². The second-order valence-electron chi connectivity index (χ2n) is 8.36. The molecule has 1 N–H and O–H groups in total. The van der Waals surface area contributed by atoms with Gasteiger partial charge in [-0.25, -0.2) is 0 Å². The first-order valence-electron chi connectivity index (χ1n) is 11.1. The van der Waals surface area contributed by atoms with Crippen LogP contribution in [-0.4, -0.2) is 42.5 Å². The van der Waals surface area contributed by atoms with Gasteiger partial charge >= 0.3 is 0 Å². The second kappa shape index (κ2) is 11.6. The Labute approximate surface area is 191 Å². The van der Waals surface area contributed by atoms with Gasteiger partial charge in [0.25, 0.3) is 5.91 Å². The molecule has 2 unspecified atom stereocenters. The van der Waals surface area contributed by atoms with E-state index < -0.39 is 6.04 Å². The Kier molecular flexibility index (Phi) is 9.12. The van der Waals surface area contributed by atoms with Gasteiger partial charge in [0, 0.05) is 12.6 Å². The zero-order valence-corrected chi connectivity index (χ0v) is 20.3. The first kappa shape index (κ1) is 25.2. The van der Waals surface area contributed by atoms with Gasteiger partial charge in [0.05, 0.1) is 7.11 Å². The van der Waals surface area contributed by atoms with Crippen LogP contribution in [0.2, 0.25) is 0 Å². The molecule has 2 aromatic carbocycles. The molecule has 6 heteroatoms. The molecular formula is C26H36N2O4. The molecule has 0 aromatic heterocycles. The number of rotatable bonds is 10. The molecule has 0 spiro atoms. The largest absolute Gasteiger partial charge is 0.497 e. The lowest BCUT2D eigenvalue weighted by molar-refractivity contribution is -0.142. The van der Waals surface area contributed by atoms with E-state index in [9.17, 15) is 9.59 Å². The molecule has 0 aliphatic carbocycles. The summed E-state index contributed by atoms with van der Waals surface area (Å²) in [6.45, 7) is 11.8. The molecule has 0 aliphatic rings. The SMILES string of the molecule is CCC(C)NC(=O)C(C)N(Cc1cccc(OC)c1)C(=O)COc1cc(C)cc(C)c1C. The van der Waals surface area contributed by atoms with Gasteiger partial charge in [0.15, 0.2) is 6.61 Å². The highest BCUT2D eigenvalue weighted by atomic mass is 16.5. The Morgan fingerprint density at radius 3 is 2.47 bits per heavy atom. The topological polar surface area (TPSA) is 67.9 Å². The Morgan fingerprint density at radius 2 is 1.81 bits per heavy atom. The maximum atomic E-state index is 13.2. The van der Waals surface area contributed by atoms with E-state index in [-0.39, 0.29) is 31.0 Å². The zero-order valence-electron chi connectivity index (χ0n) is 20.3. The summed E-state index contributed by atoms with van der Waals surface area (Å²) >= 11 is 0. The minimum Gasteiger partial charge on any atom is -0.497 e. The number of benzene rings is 2. The lowest BCUT2D eigenvalue weighted by atomic mass is 10.1. The minimum absolute atomic E-state index is 0.0351. The molecule has 32 heavy (non-hydrogen) atoms. The van der Waals surface area contributed by atoms with E-state index >= 15 is 0 Å². The molecule has 6 nitrogen and oxygen atoms in total. The third kappa shape index (κ3) is 6.74. The summed E-state index contributed by atoms with van der Waals surface area (Å²) in [6, 6.07) is 10.9. The first-order valence-corrected chi connectivity index (χ1v) is 11.1. The average Bonchev–Trinajstić information content (AvgIpc) is 2.78. The molecule has 0 aliphatic heterocycles. The number of amides is 2. The van der Waals surface area contributed by atoms with Crippen LogP contribution in [0.1, 0.15) is 49.4 Å². The number of nitrogens with one attached hydrogen (secondary N) is 1. The van der Waals surface area contributed by atoms with Gasteiger partial charge < -0.3 is 19.7 Å². The molecule has 2 amide bonds. The van der Waals surface area contributed by atoms with Crippen molar-refractivity contribution in [2.75, 3.05) is 13.7 Å². The van der Waals surface area contributed by atoms with Gasteiger partial charge in [-0.2, -0.15) is 0 Å². The third-order valence-electron chi connectivity index (χ3n) is 5.77. The molecule has 0 radical (unpaired) electrons. The van der Waals surface area contributed by atoms with Crippen LogP contribution in [0.3, 0.4) is 0 Å². The molecule has 2 aromatic rings. The summed E-state index contributed by atoms with van der Waals surface area (Å²) in [5.41, 5.74) is 4.07. The Morgan fingerprint density at radius 1 is 1.09 bits per heavy atom. The fourth-order valence-corrected chi connectivity index (χ4v) is 3.39. The predicted molar refractivity (Wildman–Crippen MR) is 127 cm³/mol. The lowest BCUT2D eigenvalue weighted by Crippen LogP contribution is -2.50. The van der Waals surface area contributed by atoms with Gasteiger partial charge in [-0.15, -0.1) is 0 Å². The smallest absolute Gasteiger partial charge is 0.261 e. The van der Waals surface area contributed by atoms with E-state index in [4.69, 9.17) is 9.47 Å². The molecule has 2 atom stereocenters. The molecule has 0 saturated carbocycles. The van der Waals surface area contributed by atoms with Gasteiger partial charge in [0.1, 0.15) is 17.5 Å². The van der Waals surface area contributed by atoms with Crippen LogP contribution in [0.4, 0.5) is 0 Å². The number of aryl methyl sites for hydroxylation is 2. The number of methoxy groups -OCH3 is 1. The van der Waals surface area contributed by atoms with E-state index in [0.717, 1.165) is 28.7 Å². The van der Waals surface area contributed by atoms with Crippen molar-refractivity contribution >= 4 is 11.8 Å². The number of carbonyl (C=O) groups is 2. The summed E-state index contributed by atoms with van der Waals surface area (Å²) in [7, 11) is 1.60. The first-order chi connectivity index (χ1) is 15.2. The second-order valence-corrected chi connectivity index (χ2v) is 8.36. The van der Waals surface area contributed by atoms with Crippen molar-refractivity contribution in [3.05, 3.63) is 58.7 Å². The molecule has 2 rings (SSSR count). The van der Waals surface area contributed by atoms with E-state index in [1.165, 1.54) is 0 Å². The number of hydrogen-bond donors (Lipinski definition) is 1. The van der Waals surface area contributed by atoms with Crippen LogP contribution in [0.15, 0.2) is 36.4 Å². The summed E-state index contributed by atoms with van der Waals surface area (Å²) < 4.78 is 11.2. The van der Waals surface area contributed by atoms with Crippen LogP contribution in [0.25, 0.3) is 0 Å². The maximum absolute atomic E-state index is 13.2. The Hall–Kier alpha value is -3.02. The van der Waals surface area contributed by atoms with Crippen LogP contribution in [0.5, 0.6) is 11.5 Å². The van der Waals surface area contributed by atoms with Crippen LogP contribution >= 0.6 is 0 Å². The Balaban J connectivity index is 2.23. The summed E-state index contributed by atoms with van der Waals surface area (Å²) in [5, 5.41) is 2.97. The van der Waals surface area contributed by atoms with Gasteiger partial charge in [-0.1, -0.05) is 25.1 Å². The van der Waals surface area contributed by atoms with Gasteiger partial charge in [-0.05, 0) is 81.5 Å². The van der Waals surface area contributed by atoms with Crippen LogP contribution in [-0.2, 0) is 16.1 Å². The highest BCUT2D eigenvalue weighted by Crippen LogP contribution is 2.23. The summed E-state index contributed by atoms with van der Waals surface area (Å²) in [5.74, 6) is 0.957. The highest BCUT2D eigenvalue weighted by Gasteiger charge is 2.27. The fourth-order valence-electron chi connectivity index (χ4n) is 3.39. The zero-order chi connectivity index (χ0) is 23.8. The predicted octanol–water partition coefficient (Wildman–Crippen LogP) is 4.33. The standard InChI is InChI=1S/C26H36N2O4/c1-8-19(4)27-26(30)21(6)28(15-22-10-9-11-23(14-22)31-7)25(29)16-32-24-13-17(2)12-18(3)20(24)5/h9-14,19,21H,8,15-16H2,1-7H3,(H,27,30). The van der Waals surface area contributed by atoms with E-state index in [1.807, 2.05) is 65.0 Å². The summed E-state index contributed by atoms with van der Waals surface area (Å²) in [6.07, 6.45) is 0.817. The van der Waals surface area contributed by atoms with Crippen molar-refractivity contribution < 1.29 is 19.1 Å².